The van der Waals surface area contributed by atoms with Crippen LogP contribution < -0.4 is 5.73 Å². The molecule has 2 N–H and O–H groups in total. The van der Waals surface area contributed by atoms with Gasteiger partial charge in [-0.2, -0.15) is 0 Å². The summed E-state index contributed by atoms with van der Waals surface area (Å²) in [4.78, 5) is 0. The Balaban J connectivity index is 2.09. The number of benzene rings is 3. The highest BCUT2D eigenvalue weighted by atomic mass is 14.5. The van der Waals surface area contributed by atoms with E-state index in [4.69, 9.17) is 5.73 Å². The van der Waals surface area contributed by atoms with Crippen molar-refractivity contribution in [2.45, 2.75) is 6.42 Å². The third-order valence-electron chi connectivity index (χ3n) is 3.83. The Morgan fingerprint density at radius 2 is 1.67 bits per heavy atom. The lowest BCUT2D eigenvalue weighted by Crippen LogP contribution is -1.88. The quantitative estimate of drug-likeness (QED) is 0.455. The van der Waals surface area contributed by atoms with Crippen LogP contribution in [0.3, 0.4) is 0 Å². The Bertz CT molecular complexity index is 772. The fourth-order valence-corrected chi connectivity index (χ4v) is 2.97. The molecule has 0 unspecified atom stereocenters. The van der Waals surface area contributed by atoms with E-state index in [1.807, 2.05) is 6.07 Å². The molecule has 0 spiro atoms. The molecule has 0 bridgehead atoms. The maximum absolute atomic E-state index is 5.92. The molecule has 0 heterocycles. The van der Waals surface area contributed by atoms with Crippen LogP contribution in [0.4, 0.5) is 5.69 Å². The van der Waals surface area contributed by atoms with Gasteiger partial charge in [-0.15, -0.1) is 0 Å². The maximum Gasteiger partial charge on any atom is 0.0320 e. The zero-order valence-electron chi connectivity index (χ0n) is 9.98. The maximum atomic E-state index is 5.92. The van der Waals surface area contributed by atoms with Crippen molar-refractivity contribution in [2.24, 2.45) is 0 Å². The molecule has 1 aliphatic carbocycles. The van der Waals surface area contributed by atoms with Crippen LogP contribution in [0.5, 0.6) is 0 Å². The first kappa shape index (κ1) is 9.72. The summed E-state index contributed by atoms with van der Waals surface area (Å²) in [7, 11) is 0. The minimum atomic E-state index is 0.840. The highest BCUT2D eigenvalue weighted by Crippen LogP contribution is 2.40. The van der Waals surface area contributed by atoms with Gasteiger partial charge >= 0.3 is 0 Å². The first-order valence-corrected chi connectivity index (χ1v) is 6.22. The summed E-state index contributed by atoms with van der Waals surface area (Å²) in [6, 6.07) is 19.2. The van der Waals surface area contributed by atoms with Crippen LogP contribution in [0.1, 0.15) is 11.1 Å². The van der Waals surface area contributed by atoms with Crippen molar-refractivity contribution < 1.29 is 0 Å². The van der Waals surface area contributed by atoms with E-state index in [1.54, 1.807) is 0 Å². The van der Waals surface area contributed by atoms with Gasteiger partial charge in [-0.1, -0.05) is 42.5 Å². The summed E-state index contributed by atoms with van der Waals surface area (Å²) in [5, 5.41) is 2.57. The zero-order valence-corrected chi connectivity index (χ0v) is 9.98. The van der Waals surface area contributed by atoms with Gasteiger partial charge in [0.25, 0.3) is 0 Å². The number of fused-ring (bicyclic) bond motifs is 5. The molecule has 0 atom stereocenters. The van der Waals surface area contributed by atoms with Crippen molar-refractivity contribution >= 4 is 16.5 Å². The number of hydrogen-bond donors (Lipinski definition) is 1. The predicted octanol–water partition coefficient (Wildman–Crippen LogP) is 3.99. The van der Waals surface area contributed by atoms with Crippen LogP contribution in [0, 0.1) is 0 Å². The van der Waals surface area contributed by atoms with Crippen molar-refractivity contribution in [3.63, 3.8) is 0 Å². The van der Waals surface area contributed by atoms with Gasteiger partial charge in [-0.3, -0.25) is 0 Å². The molecule has 18 heavy (non-hydrogen) atoms. The highest BCUT2D eigenvalue weighted by molar-refractivity contribution is 5.96. The lowest BCUT2D eigenvalue weighted by molar-refractivity contribution is 1.28. The Labute approximate surface area is 106 Å². The summed E-state index contributed by atoms with van der Waals surface area (Å²) in [6.45, 7) is 0. The lowest BCUT2D eigenvalue weighted by Gasteiger charge is -2.06. The average Bonchev–Trinajstić information content (AvgIpc) is 2.78. The lowest BCUT2D eigenvalue weighted by atomic mass is 9.99. The molecule has 0 fully saturated rings. The van der Waals surface area contributed by atoms with Gasteiger partial charge in [-0.25, -0.2) is 0 Å². The minimum absolute atomic E-state index is 0.840. The van der Waals surface area contributed by atoms with Crippen LogP contribution in [0.2, 0.25) is 0 Å². The van der Waals surface area contributed by atoms with Crippen molar-refractivity contribution in [1.82, 2.24) is 0 Å². The van der Waals surface area contributed by atoms with Crippen LogP contribution in [-0.4, -0.2) is 0 Å². The second-order valence-electron chi connectivity index (χ2n) is 4.91. The van der Waals surface area contributed by atoms with E-state index in [0.717, 1.165) is 12.1 Å². The zero-order chi connectivity index (χ0) is 12.1. The molecule has 0 aliphatic heterocycles. The van der Waals surface area contributed by atoms with E-state index in [2.05, 4.69) is 48.5 Å². The summed E-state index contributed by atoms with van der Waals surface area (Å²) in [6.07, 6.45) is 1.02. The molecule has 1 aliphatic rings. The number of nitrogen functional groups attached to an aromatic ring is 1. The monoisotopic (exact) mass is 231 g/mol. The largest absolute Gasteiger partial charge is 0.399 e. The van der Waals surface area contributed by atoms with Crippen molar-refractivity contribution in [3.8, 4) is 11.1 Å². The van der Waals surface area contributed by atoms with Crippen LogP contribution in [0.15, 0.2) is 54.6 Å². The molecule has 0 radical (unpaired) electrons. The van der Waals surface area contributed by atoms with Gasteiger partial charge in [0.05, 0.1) is 0 Å². The molecular formula is C17H13N. The Morgan fingerprint density at radius 3 is 2.61 bits per heavy atom. The molecule has 0 saturated carbocycles. The van der Waals surface area contributed by atoms with E-state index in [9.17, 15) is 0 Å². The average molecular weight is 231 g/mol. The van der Waals surface area contributed by atoms with Gasteiger partial charge in [0.15, 0.2) is 0 Å². The number of anilines is 1. The standard InChI is InChI=1S/C17H13N/c18-13-7-5-11-6-8-15-14-4-2-1-3-12(14)9-17(15)16(11)10-13/h1-8,10H,9,18H2. The SMILES string of the molecule is Nc1ccc2ccc3c(c2c1)Cc1ccccc1-3. The normalized spacial score (nSPS) is 12.4. The molecule has 0 saturated heterocycles. The van der Waals surface area contributed by atoms with Gasteiger partial charge < -0.3 is 5.73 Å². The summed E-state index contributed by atoms with van der Waals surface area (Å²) in [5.74, 6) is 0. The topological polar surface area (TPSA) is 26.0 Å². The summed E-state index contributed by atoms with van der Waals surface area (Å²) in [5.41, 5.74) is 12.3. The molecule has 86 valence electrons. The fourth-order valence-electron chi connectivity index (χ4n) is 2.97. The molecule has 4 rings (SSSR count). The first-order chi connectivity index (χ1) is 8.83. The molecule has 0 amide bonds. The molecule has 3 aromatic rings. The van der Waals surface area contributed by atoms with E-state index in [0.29, 0.717) is 0 Å². The number of nitrogens with two attached hydrogens (primary N) is 1. The predicted molar refractivity (Wildman–Crippen MR) is 76.6 cm³/mol. The first-order valence-electron chi connectivity index (χ1n) is 6.22. The second-order valence-corrected chi connectivity index (χ2v) is 4.91. The fraction of sp³-hybridized carbons (Fsp3) is 0.0588. The second kappa shape index (κ2) is 3.36. The third-order valence-corrected chi connectivity index (χ3v) is 3.83. The Morgan fingerprint density at radius 1 is 0.833 bits per heavy atom. The molecule has 1 nitrogen and oxygen atoms in total. The van der Waals surface area contributed by atoms with Gasteiger partial charge in [0, 0.05) is 5.69 Å². The van der Waals surface area contributed by atoms with Crippen LogP contribution >= 0.6 is 0 Å². The highest BCUT2D eigenvalue weighted by Gasteiger charge is 2.19. The number of hydrogen-bond acceptors (Lipinski definition) is 1. The molecule has 3 aromatic carbocycles. The van der Waals surface area contributed by atoms with E-state index in [1.165, 1.54) is 33.0 Å². The molecule has 0 aromatic heterocycles. The van der Waals surface area contributed by atoms with Crippen LogP contribution in [-0.2, 0) is 6.42 Å². The molecule has 1 heteroatoms. The van der Waals surface area contributed by atoms with E-state index in [-0.39, 0.29) is 0 Å². The summed E-state index contributed by atoms with van der Waals surface area (Å²) >= 11 is 0. The van der Waals surface area contributed by atoms with Crippen molar-refractivity contribution in [1.29, 1.82) is 0 Å². The Kier molecular flexibility index (Phi) is 1.81. The van der Waals surface area contributed by atoms with Gasteiger partial charge in [0.2, 0.25) is 0 Å². The van der Waals surface area contributed by atoms with Crippen molar-refractivity contribution in [2.75, 3.05) is 5.73 Å². The van der Waals surface area contributed by atoms with Gasteiger partial charge in [-0.05, 0) is 51.6 Å². The smallest absolute Gasteiger partial charge is 0.0320 e. The van der Waals surface area contributed by atoms with E-state index >= 15 is 0 Å². The molecular weight excluding hydrogens is 218 g/mol. The Hall–Kier alpha value is -2.28. The van der Waals surface area contributed by atoms with Gasteiger partial charge in [0.1, 0.15) is 0 Å². The van der Waals surface area contributed by atoms with Crippen molar-refractivity contribution in [3.05, 3.63) is 65.7 Å². The minimum Gasteiger partial charge on any atom is -0.399 e. The number of rotatable bonds is 0. The third kappa shape index (κ3) is 1.22. The summed E-state index contributed by atoms with van der Waals surface area (Å²) < 4.78 is 0. The van der Waals surface area contributed by atoms with Crippen LogP contribution in [0.25, 0.3) is 21.9 Å². The van der Waals surface area contributed by atoms with E-state index < -0.39 is 0 Å².